The average Bonchev–Trinajstić information content (AvgIpc) is 2.89. The van der Waals surface area contributed by atoms with E-state index in [2.05, 4.69) is 19.3 Å². The van der Waals surface area contributed by atoms with Crippen LogP contribution in [0.2, 0.25) is 0 Å². The van der Waals surface area contributed by atoms with Crippen molar-refractivity contribution in [2.75, 3.05) is 0 Å². The van der Waals surface area contributed by atoms with Gasteiger partial charge in [0.15, 0.2) is 0 Å². The average molecular weight is 410 g/mol. The van der Waals surface area contributed by atoms with Crippen LogP contribution in [-0.4, -0.2) is 22.7 Å². The highest BCUT2D eigenvalue weighted by Gasteiger charge is 2.57. The van der Waals surface area contributed by atoms with Gasteiger partial charge in [-0.05, 0) is 50.5 Å². The number of benzene rings is 1. The number of hydrogen-bond acceptors (Lipinski definition) is 4. The Morgan fingerprint density at radius 3 is 2.47 bits per heavy atom. The SMILES string of the molecule is C/C=C\C(/C=C\CC(C)C)[C@@]1(C)C(=O)N(NC(=O)c2ccc(C#N)cc2)C(=O)[C@H]1C.[HH]. The highest BCUT2D eigenvalue weighted by atomic mass is 16.2. The molecule has 3 atom stereocenters. The maximum atomic E-state index is 13.3. The van der Waals surface area contributed by atoms with E-state index in [1.165, 1.54) is 24.3 Å². The Labute approximate surface area is 179 Å². The summed E-state index contributed by atoms with van der Waals surface area (Å²) in [7, 11) is 0. The fourth-order valence-corrected chi connectivity index (χ4v) is 3.54. The Kier molecular flexibility index (Phi) is 7.33. The summed E-state index contributed by atoms with van der Waals surface area (Å²) in [6, 6.07) is 7.97. The number of hydrazine groups is 1. The summed E-state index contributed by atoms with van der Waals surface area (Å²) in [5, 5.41) is 9.73. The van der Waals surface area contributed by atoms with Crippen LogP contribution in [0.4, 0.5) is 0 Å². The second-order valence-electron chi connectivity index (χ2n) is 8.22. The van der Waals surface area contributed by atoms with Gasteiger partial charge in [-0.3, -0.25) is 19.8 Å². The number of carbonyl (C=O) groups is 3. The standard InChI is InChI=1S/C24H29N3O3.H2/c1-6-8-20(10-7-9-16(2)3)24(5)17(4)22(29)27(23(24)30)26-21(28)19-13-11-18(15-25)12-14-19;/h6-8,10-14,16-17,20H,9H2,1-5H3,(H,26,28);1H/b8-6-,10-7-;/t17-,20?,24+;/m1./s1. The molecule has 1 aliphatic heterocycles. The van der Waals surface area contributed by atoms with Crippen molar-refractivity contribution in [1.29, 1.82) is 5.26 Å². The zero-order valence-electron chi connectivity index (χ0n) is 18.2. The van der Waals surface area contributed by atoms with Crippen molar-refractivity contribution in [3.05, 3.63) is 59.7 Å². The fourth-order valence-electron chi connectivity index (χ4n) is 3.54. The Bertz CT molecular complexity index is 915. The molecule has 0 radical (unpaired) electrons. The van der Waals surface area contributed by atoms with Crippen molar-refractivity contribution >= 4 is 17.7 Å². The first-order valence-corrected chi connectivity index (χ1v) is 10.2. The van der Waals surface area contributed by atoms with Crippen molar-refractivity contribution in [1.82, 2.24) is 10.4 Å². The van der Waals surface area contributed by atoms with Gasteiger partial charge < -0.3 is 0 Å². The molecule has 1 fully saturated rings. The Morgan fingerprint density at radius 1 is 1.30 bits per heavy atom. The summed E-state index contributed by atoms with van der Waals surface area (Å²) in [6.07, 6.45) is 8.69. The van der Waals surface area contributed by atoms with Crippen LogP contribution in [0, 0.1) is 34.5 Å². The second kappa shape index (κ2) is 9.53. The summed E-state index contributed by atoms with van der Waals surface area (Å²) >= 11 is 0. The van der Waals surface area contributed by atoms with E-state index in [4.69, 9.17) is 5.26 Å². The van der Waals surface area contributed by atoms with Gasteiger partial charge in [-0.2, -0.15) is 10.3 Å². The molecule has 2 rings (SSSR count). The molecule has 1 aromatic carbocycles. The lowest BCUT2D eigenvalue weighted by Gasteiger charge is -2.30. The van der Waals surface area contributed by atoms with E-state index in [9.17, 15) is 14.4 Å². The van der Waals surface area contributed by atoms with E-state index < -0.39 is 29.1 Å². The molecule has 0 saturated carbocycles. The highest BCUT2D eigenvalue weighted by molar-refractivity contribution is 6.09. The number of rotatable bonds is 7. The Morgan fingerprint density at radius 2 is 1.93 bits per heavy atom. The number of imide groups is 1. The van der Waals surface area contributed by atoms with Crippen LogP contribution in [0.3, 0.4) is 0 Å². The van der Waals surface area contributed by atoms with Crippen LogP contribution in [0.5, 0.6) is 0 Å². The number of nitrogens with zero attached hydrogens (tertiary/aromatic N) is 2. The van der Waals surface area contributed by atoms with Crippen LogP contribution in [0.25, 0.3) is 0 Å². The molecule has 1 aromatic rings. The molecule has 6 nitrogen and oxygen atoms in total. The van der Waals surface area contributed by atoms with Crippen LogP contribution in [-0.2, 0) is 9.59 Å². The topological polar surface area (TPSA) is 90.3 Å². The molecule has 0 aliphatic carbocycles. The summed E-state index contributed by atoms with van der Waals surface area (Å²) in [5.41, 5.74) is 2.13. The summed E-state index contributed by atoms with van der Waals surface area (Å²) < 4.78 is 0. The molecule has 160 valence electrons. The Balaban J connectivity index is 0.00000480. The summed E-state index contributed by atoms with van der Waals surface area (Å²) in [4.78, 5) is 38.8. The molecule has 1 saturated heterocycles. The third-order valence-corrected chi connectivity index (χ3v) is 5.69. The molecule has 1 N–H and O–H groups in total. The zero-order valence-corrected chi connectivity index (χ0v) is 18.2. The van der Waals surface area contributed by atoms with Crippen molar-refractivity contribution in [3.8, 4) is 6.07 Å². The van der Waals surface area contributed by atoms with E-state index >= 15 is 0 Å². The first kappa shape index (κ1) is 23.1. The molecule has 0 bridgehead atoms. The molecule has 3 amide bonds. The first-order valence-electron chi connectivity index (χ1n) is 10.2. The molecule has 0 aromatic heterocycles. The normalized spacial score (nSPS) is 22.8. The van der Waals surface area contributed by atoms with Gasteiger partial charge in [-0.15, -0.1) is 0 Å². The van der Waals surface area contributed by atoms with Crippen molar-refractivity contribution in [2.45, 2.75) is 41.0 Å². The highest BCUT2D eigenvalue weighted by Crippen LogP contribution is 2.45. The van der Waals surface area contributed by atoms with Crippen molar-refractivity contribution < 1.29 is 15.8 Å². The molecule has 30 heavy (non-hydrogen) atoms. The number of nitriles is 1. The number of amides is 3. The summed E-state index contributed by atoms with van der Waals surface area (Å²) in [6.45, 7) is 9.61. The monoisotopic (exact) mass is 409 g/mol. The largest absolute Gasteiger partial charge is 0.272 e. The fraction of sp³-hybridized carbons (Fsp3) is 0.417. The van der Waals surface area contributed by atoms with Crippen molar-refractivity contribution in [2.24, 2.45) is 23.2 Å². The maximum absolute atomic E-state index is 13.3. The lowest BCUT2D eigenvalue weighted by molar-refractivity contribution is -0.144. The summed E-state index contributed by atoms with van der Waals surface area (Å²) in [5.74, 6) is -1.83. The van der Waals surface area contributed by atoms with Gasteiger partial charge in [-0.25, -0.2) is 0 Å². The van der Waals surface area contributed by atoms with Gasteiger partial charge in [0.25, 0.3) is 17.7 Å². The van der Waals surface area contributed by atoms with E-state index in [0.29, 0.717) is 11.5 Å². The van der Waals surface area contributed by atoms with Gasteiger partial charge in [-0.1, -0.05) is 45.1 Å². The van der Waals surface area contributed by atoms with Crippen LogP contribution < -0.4 is 5.43 Å². The van der Waals surface area contributed by atoms with E-state index in [1.54, 1.807) is 13.8 Å². The molecule has 0 spiro atoms. The van der Waals surface area contributed by atoms with Gasteiger partial charge in [0.2, 0.25) is 0 Å². The van der Waals surface area contributed by atoms with Gasteiger partial charge in [0, 0.05) is 12.9 Å². The van der Waals surface area contributed by atoms with Crippen LogP contribution in [0.15, 0.2) is 48.6 Å². The molecule has 1 unspecified atom stereocenters. The zero-order chi connectivity index (χ0) is 22.5. The quantitative estimate of drug-likeness (QED) is 0.538. The number of allylic oxidation sites excluding steroid dienone is 4. The molecular formula is C24H31N3O3. The van der Waals surface area contributed by atoms with Crippen LogP contribution in [0.1, 0.15) is 58.4 Å². The lowest BCUT2D eigenvalue weighted by Crippen LogP contribution is -2.48. The molecule has 6 heteroatoms. The van der Waals surface area contributed by atoms with Crippen molar-refractivity contribution in [3.63, 3.8) is 0 Å². The number of nitrogens with one attached hydrogen (secondary N) is 1. The first-order chi connectivity index (χ1) is 14.2. The molecule has 1 aliphatic rings. The van der Waals surface area contributed by atoms with Gasteiger partial charge in [0.05, 0.1) is 23.0 Å². The smallest absolute Gasteiger partial charge is 0.270 e. The van der Waals surface area contributed by atoms with Gasteiger partial charge >= 0.3 is 0 Å². The number of carbonyl (C=O) groups excluding carboxylic acids is 3. The second-order valence-corrected chi connectivity index (χ2v) is 8.22. The minimum Gasteiger partial charge on any atom is -0.272 e. The third-order valence-electron chi connectivity index (χ3n) is 5.69. The van der Waals surface area contributed by atoms with Gasteiger partial charge in [0.1, 0.15) is 0 Å². The molecular weight excluding hydrogens is 378 g/mol. The third kappa shape index (κ3) is 4.51. The van der Waals surface area contributed by atoms with E-state index in [0.717, 1.165) is 11.4 Å². The predicted octanol–water partition coefficient (Wildman–Crippen LogP) is 4.25. The predicted molar refractivity (Wildman–Crippen MR) is 117 cm³/mol. The minimum atomic E-state index is -1.00. The minimum absolute atomic E-state index is 0. The van der Waals surface area contributed by atoms with E-state index in [-0.39, 0.29) is 12.9 Å². The Hall–Kier alpha value is -3.20. The lowest BCUT2D eigenvalue weighted by atomic mass is 9.69. The molecule has 1 heterocycles. The maximum Gasteiger partial charge on any atom is 0.270 e. The van der Waals surface area contributed by atoms with E-state index in [1.807, 2.05) is 37.3 Å². The van der Waals surface area contributed by atoms with Crippen LogP contribution >= 0.6 is 0 Å². The number of hydrogen-bond donors (Lipinski definition) is 1.